The fourth-order valence-corrected chi connectivity index (χ4v) is 0.977. The number of nitrogens with zero attached hydrogens (tertiary/aromatic N) is 1. The minimum absolute atomic E-state index is 0.344. The highest BCUT2D eigenvalue weighted by molar-refractivity contribution is 5.95. The van der Waals surface area contributed by atoms with Crippen LogP contribution in [0.25, 0.3) is 0 Å². The molecule has 0 aliphatic carbocycles. The van der Waals surface area contributed by atoms with Crippen LogP contribution in [0.4, 0.5) is 18.9 Å². The standard InChI is InChI=1S/C8H7F3N2O2/c1-15-8(14)4-3(12)2-13-6(5(4)9)7(10)11/h2,7H,12H2,1H3. The number of aromatic nitrogens is 1. The zero-order valence-electron chi connectivity index (χ0n) is 7.63. The maximum atomic E-state index is 13.3. The highest BCUT2D eigenvalue weighted by Gasteiger charge is 2.24. The van der Waals surface area contributed by atoms with Crippen LogP contribution >= 0.6 is 0 Å². The summed E-state index contributed by atoms with van der Waals surface area (Å²) in [7, 11) is 0.990. The van der Waals surface area contributed by atoms with Crippen LogP contribution in [-0.4, -0.2) is 18.1 Å². The lowest BCUT2D eigenvalue weighted by Gasteiger charge is -2.07. The van der Waals surface area contributed by atoms with Crippen LogP contribution in [0, 0.1) is 5.82 Å². The largest absolute Gasteiger partial charge is 0.465 e. The number of methoxy groups -OCH3 is 1. The van der Waals surface area contributed by atoms with Crippen LogP contribution in [0.3, 0.4) is 0 Å². The second-order valence-electron chi connectivity index (χ2n) is 2.58. The molecule has 0 spiro atoms. The van der Waals surface area contributed by atoms with Gasteiger partial charge in [-0.2, -0.15) is 0 Å². The molecule has 1 aromatic heterocycles. The van der Waals surface area contributed by atoms with Crippen molar-refractivity contribution >= 4 is 11.7 Å². The molecule has 0 atom stereocenters. The molecule has 0 aliphatic rings. The van der Waals surface area contributed by atoms with Crippen molar-refractivity contribution < 1.29 is 22.7 Å². The first-order valence-electron chi connectivity index (χ1n) is 3.79. The third-order valence-electron chi connectivity index (χ3n) is 1.67. The van der Waals surface area contributed by atoms with Crippen molar-refractivity contribution in [3.05, 3.63) is 23.3 Å². The Labute approximate surface area is 82.9 Å². The molecular weight excluding hydrogens is 213 g/mol. The minimum Gasteiger partial charge on any atom is -0.465 e. The lowest BCUT2D eigenvalue weighted by molar-refractivity contribution is 0.0595. The molecule has 0 radical (unpaired) electrons. The van der Waals surface area contributed by atoms with Gasteiger partial charge in [0, 0.05) is 0 Å². The maximum Gasteiger partial charge on any atom is 0.343 e. The Morgan fingerprint density at radius 2 is 2.20 bits per heavy atom. The third kappa shape index (κ3) is 2.00. The quantitative estimate of drug-likeness (QED) is 0.767. The predicted molar refractivity (Wildman–Crippen MR) is 44.9 cm³/mol. The molecule has 82 valence electrons. The summed E-state index contributed by atoms with van der Waals surface area (Å²) < 4.78 is 41.9. The van der Waals surface area contributed by atoms with Gasteiger partial charge in [0.15, 0.2) is 5.82 Å². The molecule has 2 N–H and O–H groups in total. The molecule has 4 nitrogen and oxygen atoms in total. The summed E-state index contributed by atoms with van der Waals surface area (Å²) >= 11 is 0. The van der Waals surface area contributed by atoms with Gasteiger partial charge in [-0.15, -0.1) is 0 Å². The Bertz CT molecular complexity index is 396. The van der Waals surface area contributed by atoms with Crippen LogP contribution in [0.15, 0.2) is 6.20 Å². The third-order valence-corrected chi connectivity index (χ3v) is 1.67. The number of nitrogen functional groups attached to an aromatic ring is 1. The van der Waals surface area contributed by atoms with Gasteiger partial charge in [0.1, 0.15) is 11.3 Å². The molecule has 1 rings (SSSR count). The number of alkyl halides is 2. The molecule has 1 heterocycles. The number of carbonyl (C=O) groups is 1. The van der Waals surface area contributed by atoms with E-state index in [1.807, 2.05) is 0 Å². The van der Waals surface area contributed by atoms with Crippen molar-refractivity contribution in [3.63, 3.8) is 0 Å². The number of esters is 1. The minimum atomic E-state index is -3.12. The molecule has 0 unspecified atom stereocenters. The Balaban J connectivity index is 3.36. The molecule has 0 aliphatic heterocycles. The second-order valence-corrected chi connectivity index (χ2v) is 2.58. The first kappa shape index (κ1) is 11.3. The van der Waals surface area contributed by atoms with E-state index in [0.29, 0.717) is 0 Å². The summed E-state index contributed by atoms with van der Waals surface area (Å²) in [5.41, 5.74) is 3.03. The van der Waals surface area contributed by atoms with Crippen LogP contribution in [0.5, 0.6) is 0 Å². The fourth-order valence-electron chi connectivity index (χ4n) is 0.977. The Hall–Kier alpha value is -1.79. The summed E-state index contributed by atoms with van der Waals surface area (Å²) in [6, 6.07) is 0. The van der Waals surface area contributed by atoms with E-state index in [0.717, 1.165) is 13.3 Å². The Morgan fingerprint density at radius 3 is 2.67 bits per heavy atom. The van der Waals surface area contributed by atoms with Gasteiger partial charge in [0.05, 0.1) is 19.0 Å². The molecular formula is C8H7F3N2O2. The molecule has 0 saturated carbocycles. The average Bonchev–Trinajstić information content (AvgIpc) is 2.16. The fraction of sp³-hybridized carbons (Fsp3) is 0.250. The maximum absolute atomic E-state index is 13.3. The van der Waals surface area contributed by atoms with E-state index in [-0.39, 0.29) is 5.69 Å². The van der Waals surface area contributed by atoms with Crippen LogP contribution in [0.1, 0.15) is 22.5 Å². The Kier molecular flexibility index (Phi) is 3.13. The topological polar surface area (TPSA) is 65.2 Å². The van der Waals surface area contributed by atoms with Gasteiger partial charge in [-0.1, -0.05) is 0 Å². The van der Waals surface area contributed by atoms with Crippen molar-refractivity contribution in [1.82, 2.24) is 4.98 Å². The molecule has 15 heavy (non-hydrogen) atoms. The number of carbonyl (C=O) groups excluding carboxylic acids is 1. The zero-order chi connectivity index (χ0) is 11.6. The van der Waals surface area contributed by atoms with Gasteiger partial charge in [-0.3, -0.25) is 0 Å². The summed E-state index contributed by atoms with van der Waals surface area (Å²) in [5.74, 6) is -2.56. The molecule has 0 saturated heterocycles. The van der Waals surface area contributed by atoms with E-state index in [1.165, 1.54) is 0 Å². The van der Waals surface area contributed by atoms with Crippen LogP contribution in [-0.2, 0) is 4.74 Å². The molecule has 0 fully saturated rings. The number of pyridine rings is 1. The van der Waals surface area contributed by atoms with Crippen LogP contribution < -0.4 is 5.73 Å². The van der Waals surface area contributed by atoms with Crippen LogP contribution in [0.2, 0.25) is 0 Å². The first-order chi connectivity index (χ1) is 6.99. The van der Waals surface area contributed by atoms with Gasteiger partial charge in [0.25, 0.3) is 6.43 Å². The lowest BCUT2D eigenvalue weighted by Crippen LogP contribution is -2.12. The van der Waals surface area contributed by atoms with Gasteiger partial charge >= 0.3 is 5.97 Å². The van der Waals surface area contributed by atoms with E-state index in [9.17, 15) is 18.0 Å². The molecule has 0 amide bonds. The number of hydrogen-bond donors (Lipinski definition) is 1. The van der Waals surface area contributed by atoms with Gasteiger partial charge in [-0.25, -0.2) is 22.9 Å². The van der Waals surface area contributed by atoms with Crippen molar-refractivity contribution in [1.29, 1.82) is 0 Å². The Morgan fingerprint density at radius 1 is 1.60 bits per heavy atom. The highest BCUT2D eigenvalue weighted by Crippen LogP contribution is 2.25. The summed E-state index contributed by atoms with van der Waals surface area (Å²) in [5, 5.41) is 0. The smallest absolute Gasteiger partial charge is 0.343 e. The number of ether oxygens (including phenoxy) is 1. The van der Waals surface area contributed by atoms with Gasteiger partial charge < -0.3 is 10.5 Å². The summed E-state index contributed by atoms with van der Waals surface area (Å²) in [6.45, 7) is 0. The predicted octanol–water partition coefficient (Wildman–Crippen LogP) is 1.53. The number of hydrogen-bond acceptors (Lipinski definition) is 4. The van der Waals surface area contributed by atoms with Crippen molar-refractivity contribution in [3.8, 4) is 0 Å². The summed E-state index contributed by atoms with van der Waals surface area (Å²) in [6.07, 6.45) is -2.33. The van der Waals surface area contributed by atoms with Crippen molar-refractivity contribution in [2.45, 2.75) is 6.43 Å². The SMILES string of the molecule is COC(=O)c1c(N)cnc(C(F)F)c1F. The van der Waals surface area contributed by atoms with E-state index in [1.54, 1.807) is 0 Å². The molecule has 7 heteroatoms. The number of halogens is 3. The number of nitrogens with two attached hydrogens (primary N) is 1. The molecule has 0 bridgehead atoms. The zero-order valence-corrected chi connectivity index (χ0v) is 7.63. The lowest BCUT2D eigenvalue weighted by atomic mass is 10.2. The van der Waals surface area contributed by atoms with E-state index in [2.05, 4.69) is 9.72 Å². The number of anilines is 1. The molecule has 1 aromatic rings. The summed E-state index contributed by atoms with van der Waals surface area (Å²) in [4.78, 5) is 14.1. The second kappa shape index (κ2) is 4.16. The monoisotopic (exact) mass is 220 g/mol. The van der Waals surface area contributed by atoms with E-state index < -0.39 is 29.5 Å². The molecule has 0 aromatic carbocycles. The van der Waals surface area contributed by atoms with E-state index >= 15 is 0 Å². The van der Waals surface area contributed by atoms with E-state index in [4.69, 9.17) is 5.73 Å². The van der Waals surface area contributed by atoms with Gasteiger partial charge in [0.2, 0.25) is 0 Å². The first-order valence-corrected chi connectivity index (χ1v) is 3.79. The van der Waals surface area contributed by atoms with Crippen molar-refractivity contribution in [2.75, 3.05) is 12.8 Å². The van der Waals surface area contributed by atoms with Gasteiger partial charge in [-0.05, 0) is 0 Å². The highest BCUT2D eigenvalue weighted by atomic mass is 19.3. The normalized spacial score (nSPS) is 10.5. The number of rotatable bonds is 2. The van der Waals surface area contributed by atoms with Crippen molar-refractivity contribution in [2.24, 2.45) is 0 Å². The average molecular weight is 220 g/mol.